The van der Waals surface area contributed by atoms with E-state index in [2.05, 4.69) is 10.8 Å². The molecule has 2 aromatic rings. The summed E-state index contributed by atoms with van der Waals surface area (Å²) in [6, 6.07) is 1.70. The van der Waals surface area contributed by atoms with E-state index in [1.165, 1.54) is 11.3 Å². The van der Waals surface area contributed by atoms with E-state index in [4.69, 9.17) is 15.7 Å². The fraction of sp³-hybridized carbons (Fsp3) is 0.182. The molecule has 5 nitrogen and oxygen atoms in total. The topological polar surface area (TPSA) is 89.0 Å². The molecule has 0 saturated heterocycles. The molecule has 0 aliphatic heterocycles. The molecule has 0 unspecified atom stereocenters. The van der Waals surface area contributed by atoms with Crippen LogP contribution in [-0.2, 0) is 11.0 Å². The van der Waals surface area contributed by atoms with Crippen molar-refractivity contribution in [3.8, 4) is 17.0 Å². The summed E-state index contributed by atoms with van der Waals surface area (Å²) in [6.07, 6.45) is 0.760. The Balaban J connectivity index is 2.76. The van der Waals surface area contributed by atoms with Crippen molar-refractivity contribution in [2.24, 2.45) is 0 Å². The second-order valence-electron chi connectivity index (χ2n) is 3.41. The third kappa shape index (κ3) is 2.78. The van der Waals surface area contributed by atoms with Crippen molar-refractivity contribution in [3.63, 3.8) is 0 Å². The summed E-state index contributed by atoms with van der Waals surface area (Å²) in [7, 11) is -0.351. The van der Waals surface area contributed by atoms with Gasteiger partial charge in [0.15, 0.2) is 0 Å². The predicted octanol–water partition coefficient (Wildman–Crippen LogP) is 3.60. The fourth-order valence-corrected chi connectivity index (χ4v) is 3.52. The molecule has 0 radical (unpaired) electrons. The van der Waals surface area contributed by atoms with Crippen molar-refractivity contribution < 1.29 is 9.30 Å². The molecule has 1 aromatic heterocycles. The molecule has 0 saturated carbocycles. The standard InChI is InChI=1S/C11H8N3O2PS2/c1-2-6-8(18-4-12)3-7(16-5-17-15)9-10(6)19-11(13)14-9/h3H,2H2,1H3,(H2,13,14). The van der Waals surface area contributed by atoms with Crippen molar-refractivity contribution in [2.45, 2.75) is 18.2 Å². The third-order valence-corrected chi connectivity index (χ3v) is 4.20. The van der Waals surface area contributed by atoms with Crippen molar-refractivity contribution >= 4 is 46.4 Å². The zero-order chi connectivity index (χ0) is 13.8. The van der Waals surface area contributed by atoms with E-state index in [-0.39, 0.29) is 7.92 Å². The van der Waals surface area contributed by atoms with Gasteiger partial charge < -0.3 is 0 Å². The monoisotopic (exact) mass is 309 g/mol. The molecule has 0 atom stereocenters. The van der Waals surface area contributed by atoms with Gasteiger partial charge in [-0.25, -0.2) is 0 Å². The predicted molar refractivity (Wildman–Crippen MR) is 77.0 cm³/mol. The van der Waals surface area contributed by atoms with E-state index < -0.39 is 0 Å². The number of aryl methyl sites for hydroxylation is 1. The van der Waals surface area contributed by atoms with Gasteiger partial charge in [-0.2, -0.15) is 0 Å². The maximum absolute atomic E-state index is 10.4. The van der Waals surface area contributed by atoms with E-state index >= 15 is 0 Å². The number of thioether (sulfide) groups is 1. The van der Waals surface area contributed by atoms with Crippen LogP contribution >= 0.6 is 31.0 Å². The van der Waals surface area contributed by atoms with Gasteiger partial charge in [0, 0.05) is 0 Å². The van der Waals surface area contributed by atoms with Crippen molar-refractivity contribution in [2.75, 3.05) is 5.73 Å². The molecule has 0 aliphatic carbocycles. The Morgan fingerprint density at radius 1 is 1.68 bits per heavy atom. The summed E-state index contributed by atoms with van der Waals surface area (Å²) in [4.78, 5) is 5.00. The molecule has 8 heteroatoms. The first-order valence-electron chi connectivity index (χ1n) is 5.23. The van der Waals surface area contributed by atoms with E-state index in [0.29, 0.717) is 16.4 Å². The Labute approximate surface area is 118 Å². The number of aromatic nitrogens is 1. The minimum absolute atomic E-state index is 0.351. The molecule has 0 amide bonds. The van der Waals surface area contributed by atoms with Crippen molar-refractivity contribution in [1.29, 1.82) is 5.26 Å². The molecule has 96 valence electrons. The summed E-state index contributed by atoms with van der Waals surface area (Å²) in [6.45, 7) is 2.00. The molecule has 2 N–H and O–H groups in total. The van der Waals surface area contributed by atoms with Crippen LogP contribution < -0.4 is 10.5 Å². The molecule has 0 aliphatic rings. The fourth-order valence-electron chi connectivity index (χ4n) is 1.72. The maximum atomic E-state index is 10.4. The number of ether oxygens (including phenoxy) is 1. The van der Waals surface area contributed by atoms with Crippen LogP contribution in [0.25, 0.3) is 10.2 Å². The molecule has 1 heterocycles. The van der Waals surface area contributed by atoms with Crippen LogP contribution in [0.15, 0.2) is 11.0 Å². The average Bonchev–Trinajstić information content (AvgIpc) is 2.78. The number of benzene rings is 1. The van der Waals surface area contributed by atoms with Gasteiger partial charge >= 0.3 is 118 Å². The van der Waals surface area contributed by atoms with Gasteiger partial charge in [0.2, 0.25) is 0 Å². The molecular formula is C11H8N3O2PS2. The van der Waals surface area contributed by atoms with Gasteiger partial charge in [0.1, 0.15) is 0 Å². The summed E-state index contributed by atoms with van der Waals surface area (Å²) in [5.41, 5.74) is 7.36. The van der Waals surface area contributed by atoms with Crippen molar-refractivity contribution in [3.05, 3.63) is 11.6 Å². The van der Waals surface area contributed by atoms with E-state index in [1.54, 1.807) is 6.07 Å². The number of thiocyanates is 1. The average molecular weight is 309 g/mol. The van der Waals surface area contributed by atoms with Crippen LogP contribution in [-0.4, -0.2) is 4.98 Å². The summed E-state index contributed by atoms with van der Waals surface area (Å²) in [5.74, 6) is 2.63. The normalized spacial score (nSPS) is 9.89. The quantitative estimate of drug-likeness (QED) is 0.529. The summed E-state index contributed by atoms with van der Waals surface area (Å²) < 4.78 is 16.5. The van der Waals surface area contributed by atoms with E-state index in [9.17, 15) is 4.57 Å². The van der Waals surface area contributed by atoms with Gasteiger partial charge in [-0.05, 0) is 0 Å². The number of rotatable bonds is 3. The molecule has 19 heavy (non-hydrogen) atoms. The molecular weight excluding hydrogens is 301 g/mol. The van der Waals surface area contributed by atoms with Crippen LogP contribution in [0, 0.1) is 16.5 Å². The Morgan fingerprint density at radius 3 is 3.11 bits per heavy atom. The van der Waals surface area contributed by atoms with Gasteiger partial charge in [-0.15, -0.1) is 0 Å². The number of anilines is 1. The SMILES string of the molecule is CCc1c(SC#N)cc(OC#P=O)c2nc(N)sc12. The Bertz CT molecular complexity index is 776. The Kier molecular flexibility index (Phi) is 4.52. The number of hydrogen-bond donors (Lipinski definition) is 1. The molecule has 0 bridgehead atoms. The van der Waals surface area contributed by atoms with Crippen LogP contribution in [0.3, 0.4) is 0 Å². The Hall–Kier alpha value is -1.44. The number of hydrogen-bond acceptors (Lipinski definition) is 7. The van der Waals surface area contributed by atoms with Gasteiger partial charge in [-0.1, -0.05) is 0 Å². The van der Waals surface area contributed by atoms with Crippen LogP contribution in [0.1, 0.15) is 12.5 Å². The Morgan fingerprint density at radius 2 is 2.47 bits per heavy atom. The second kappa shape index (κ2) is 6.14. The zero-order valence-electron chi connectivity index (χ0n) is 9.84. The first-order chi connectivity index (χ1) is 9.21. The minimum atomic E-state index is -0.351. The van der Waals surface area contributed by atoms with Gasteiger partial charge in [-0.3, -0.25) is 0 Å². The van der Waals surface area contributed by atoms with Crippen LogP contribution in [0.4, 0.5) is 5.13 Å². The number of nitrogen functional groups attached to an aromatic ring is 1. The zero-order valence-corrected chi connectivity index (χ0v) is 12.4. The molecule has 2 rings (SSSR count). The summed E-state index contributed by atoms with van der Waals surface area (Å²) in [5, 5.41) is 11.3. The van der Waals surface area contributed by atoms with Gasteiger partial charge in [0.05, 0.1) is 0 Å². The third-order valence-electron chi connectivity index (χ3n) is 2.41. The number of nitrogens with zero attached hydrogens (tertiary/aromatic N) is 2. The number of nitriles is 1. The van der Waals surface area contributed by atoms with Crippen molar-refractivity contribution in [1.82, 2.24) is 4.98 Å². The second-order valence-corrected chi connectivity index (χ2v) is 5.64. The van der Waals surface area contributed by atoms with Gasteiger partial charge in [0.25, 0.3) is 0 Å². The van der Waals surface area contributed by atoms with Crippen LogP contribution in [0.5, 0.6) is 5.75 Å². The van der Waals surface area contributed by atoms with Crippen LogP contribution in [0.2, 0.25) is 0 Å². The number of nitrogens with two attached hydrogens (primary N) is 1. The molecule has 1 aromatic carbocycles. The molecule has 0 spiro atoms. The number of thiazole rings is 1. The first kappa shape index (κ1) is 14.0. The molecule has 0 fully saturated rings. The first-order valence-corrected chi connectivity index (χ1v) is 7.67. The summed E-state index contributed by atoms with van der Waals surface area (Å²) >= 11 is 2.40. The number of fused-ring (bicyclic) bond motifs is 1. The van der Waals surface area contributed by atoms with E-state index in [0.717, 1.165) is 33.3 Å². The van der Waals surface area contributed by atoms with E-state index in [1.807, 2.05) is 12.3 Å².